The normalized spacial score (nSPS) is 16.7. The highest BCUT2D eigenvalue weighted by Gasteiger charge is 2.21. The van der Waals surface area contributed by atoms with Crippen molar-refractivity contribution in [1.29, 1.82) is 0 Å². The highest BCUT2D eigenvalue weighted by atomic mass is 19.1. The third kappa shape index (κ3) is 6.40. The van der Waals surface area contributed by atoms with Gasteiger partial charge in [-0.2, -0.15) is 0 Å². The average Bonchev–Trinajstić information content (AvgIpc) is 2.84. The number of carbonyl (C=O) groups excluding carboxylic acids is 1. The molecule has 0 radical (unpaired) electrons. The number of carbonyl (C=O) groups is 1. The van der Waals surface area contributed by atoms with Gasteiger partial charge >= 0.3 is 0 Å². The Morgan fingerprint density at radius 3 is 2.58 bits per heavy atom. The van der Waals surface area contributed by atoms with Crippen molar-refractivity contribution >= 4 is 5.91 Å². The standard InChI is InChI=1S/C27H30FN3O2/c28-22-13-14-23(25(17-22)33-18-20-6-2-1-3-7-20)21-11-9-19(10-12-21)16-26(29)31-27(32)24-8-4-5-15-30-24/h1-3,6-7,9-14,17,24,26,30H,4-5,8,15-16,18,29H2,(H,31,32)/t24-,26-/m0/s1. The minimum atomic E-state index is -0.456. The lowest BCUT2D eigenvalue weighted by Crippen LogP contribution is -2.52. The predicted molar refractivity (Wildman–Crippen MR) is 128 cm³/mol. The Hall–Kier alpha value is -3.22. The van der Waals surface area contributed by atoms with Crippen LogP contribution >= 0.6 is 0 Å². The molecule has 3 aromatic rings. The summed E-state index contributed by atoms with van der Waals surface area (Å²) in [6, 6.07) is 22.1. The Labute approximate surface area is 194 Å². The summed E-state index contributed by atoms with van der Waals surface area (Å²) in [6.07, 6.45) is 3.08. The molecule has 33 heavy (non-hydrogen) atoms. The summed E-state index contributed by atoms with van der Waals surface area (Å²) >= 11 is 0. The Kier molecular flexibility index (Phi) is 7.70. The quantitative estimate of drug-likeness (QED) is 0.453. The van der Waals surface area contributed by atoms with Crippen molar-refractivity contribution in [3.8, 4) is 16.9 Å². The van der Waals surface area contributed by atoms with Gasteiger partial charge in [-0.25, -0.2) is 4.39 Å². The summed E-state index contributed by atoms with van der Waals surface area (Å²) in [7, 11) is 0. The molecular formula is C27H30FN3O2. The number of rotatable bonds is 8. The van der Waals surface area contributed by atoms with Gasteiger partial charge in [-0.15, -0.1) is 0 Å². The van der Waals surface area contributed by atoms with E-state index in [0.29, 0.717) is 18.8 Å². The largest absolute Gasteiger partial charge is 0.488 e. The molecular weight excluding hydrogens is 417 g/mol. The summed E-state index contributed by atoms with van der Waals surface area (Å²) in [5.74, 6) is 0.119. The molecule has 0 unspecified atom stereocenters. The van der Waals surface area contributed by atoms with Crippen LogP contribution in [0.1, 0.15) is 30.4 Å². The van der Waals surface area contributed by atoms with Gasteiger partial charge in [0.2, 0.25) is 5.91 Å². The number of hydrogen-bond donors (Lipinski definition) is 3. The third-order valence-electron chi connectivity index (χ3n) is 5.86. The molecule has 2 atom stereocenters. The predicted octanol–water partition coefficient (Wildman–Crippen LogP) is 4.16. The molecule has 0 aromatic heterocycles. The molecule has 1 aliphatic rings. The van der Waals surface area contributed by atoms with E-state index in [-0.39, 0.29) is 17.8 Å². The molecule has 6 heteroatoms. The van der Waals surface area contributed by atoms with Crippen LogP contribution in [0.2, 0.25) is 0 Å². The van der Waals surface area contributed by atoms with Crippen molar-refractivity contribution < 1.29 is 13.9 Å². The van der Waals surface area contributed by atoms with E-state index >= 15 is 0 Å². The van der Waals surface area contributed by atoms with Crippen molar-refractivity contribution in [2.24, 2.45) is 5.73 Å². The molecule has 4 N–H and O–H groups in total. The maximum atomic E-state index is 13.9. The number of ether oxygens (including phenoxy) is 1. The Morgan fingerprint density at radius 2 is 1.85 bits per heavy atom. The smallest absolute Gasteiger partial charge is 0.238 e. The van der Waals surface area contributed by atoms with Crippen molar-refractivity contribution in [3.63, 3.8) is 0 Å². The number of hydrogen-bond acceptors (Lipinski definition) is 4. The molecule has 1 fully saturated rings. The minimum absolute atomic E-state index is 0.0367. The number of nitrogens with two attached hydrogens (primary N) is 1. The van der Waals surface area contributed by atoms with Gasteiger partial charge in [0.15, 0.2) is 0 Å². The molecule has 1 amide bonds. The van der Waals surface area contributed by atoms with Gasteiger partial charge in [0.25, 0.3) is 0 Å². The van der Waals surface area contributed by atoms with Crippen LogP contribution in [0.5, 0.6) is 5.75 Å². The second kappa shape index (κ2) is 11.1. The van der Waals surface area contributed by atoms with Gasteiger partial charge < -0.3 is 21.1 Å². The average molecular weight is 448 g/mol. The zero-order valence-electron chi connectivity index (χ0n) is 18.6. The second-order valence-electron chi connectivity index (χ2n) is 8.43. The first-order valence-electron chi connectivity index (χ1n) is 11.4. The van der Waals surface area contributed by atoms with Gasteiger partial charge in [0, 0.05) is 18.1 Å². The van der Waals surface area contributed by atoms with E-state index in [1.54, 1.807) is 6.07 Å². The number of nitrogens with one attached hydrogen (secondary N) is 2. The van der Waals surface area contributed by atoms with E-state index in [4.69, 9.17) is 10.5 Å². The summed E-state index contributed by atoms with van der Waals surface area (Å²) in [5.41, 5.74) is 9.95. The monoisotopic (exact) mass is 447 g/mol. The summed E-state index contributed by atoms with van der Waals surface area (Å²) in [6.45, 7) is 1.23. The van der Waals surface area contributed by atoms with Crippen LogP contribution < -0.4 is 21.1 Å². The Bertz CT molecular complexity index is 1050. The SMILES string of the molecule is N[C@H](Cc1ccc(-c2ccc(F)cc2OCc2ccccc2)cc1)NC(=O)[C@@H]1CCCCN1. The number of amides is 1. The van der Waals surface area contributed by atoms with E-state index in [9.17, 15) is 9.18 Å². The fourth-order valence-electron chi connectivity index (χ4n) is 4.07. The molecule has 5 nitrogen and oxygen atoms in total. The van der Waals surface area contributed by atoms with Crippen LogP contribution in [0.4, 0.5) is 4.39 Å². The lowest BCUT2D eigenvalue weighted by Gasteiger charge is -2.24. The Morgan fingerprint density at radius 1 is 1.06 bits per heavy atom. The van der Waals surface area contributed by atoms with Crippen LogP contribution in [0.15, 0.2) is 72.8 Å². The van der Waals surface area contributed by atoms with E-state index in [0.717, 1.165) is 48.1 Å². The maximum absolute atomic E-state index is 13.9. The number of benzene rings is 3. The molecule has 4 rings (SSSR count). The van der Waals surface area contributed by atoms with Crippen LogP contribution in [-0.4, -0.2) is 24.7 Å². The van der Waals surface area contributed by atoms with Crippen molar-refractivity contribution in [2.45, 2.75) is 44.5 Å². The van der Waals surface area contributed by atoms with Gasteiger partial charge in [-0.3, -0.25) is 4.79 Å². The van der Waals surface area contributed by atoms with E-state index in [1.807, 2.05) is 54.6 Å². The summed E-state index contributed by atoms with van der Waals surface area (Å²) in [4.78, 5) is 12.4. The minimum Gasteiger partial charge on any atom is -0.488 e. The molecule has 0 spiro atoms. The highest BCUT2D eigenvalue weighted by Crippen LogP contribution is 2.31. The zero-order valence-corrected chi connectivity index (χ0v) is 18.6. The molecule has 1 saturated heterocycles. The van der Waals surface area contributed by atoms with Gasteiger partial charge in [0.1, 0.15) is 18.2 Å². The van der Waals surface area contributed by atoms with E-state index in [1.165, 1.54) is 12.1 Å². The van der Waals surface area contributed by atoms with Gasteiger partial charge in [-0.1, -0.05) is 61.0 Å². The van der Waals surface area contributed by atoms with Gasteiger partial charge in [0.05, 0.1) is 12.2 Å². The lowest BCUT2D eigenvalue weighted by molar-refractivity contribution is -0.124. The maximum Gasteiger partial charge on any atom is 0.238 e. The van der Waals surface area contributed by atoms with E-state index in [2.05, 4.69) is 10.6 Å². The number of halogens is 1. The fourth-order valence-corrected chi connectivity index (χ4v) is 4.07. The highest BCUT2D eigenvalue weighted by molar-refractivity contribution is 5.82. The second-order valence-corrected chi connectivity index (χ2v) is 8.43. The van der Waals surface area contributed by atoms with Gasteiger partial charge in [-0.05, 0) is 48.2 Å². The molecule has 1 heterocycles. The topological polar surface area (TPSA) is 76.4 Å². The summed E-state index contributed by atoms with van der Waals surface area (Å²) in [5, 5.41) is 6.14. The molecule has 1 aliphatic heterocycles. The molecule has 172 valence electrons. The van der Waals surface area contributed by atoms with Crippen molar-refractivity contribution in [3.05, 3.63) is 89.7 Å². The zero-order chi connectivity index (χ0) is 23.0. The van der Waals surface area contributed by atoms with Crippen molar-refractivity contribution in [2.75, 3.05) is 6.54 Å². The van der Waals surface area contributed by atoms with Crippen LogP contribution in [0.3, 0.4) is 0 Å². The molecule has 3 aromatic carbocycles. The Balaban J connectivity index is 1.39. The first-order valence-corrected chi connectivity index (χ1v) is 11.4. The van der Waals surface area contributed by atoms with Crippen LogP contribution in [0.25, 0.3) is 11.1 Å². The van der Waals surface area contributed by atoms with Crippen molar-refractivity contribution in [1.82, 2.24) is 10.6 Å². The van der Waals surface area contributed by atoms with Crippen LogP contribution in [-0.2, 0) is 17.8 Å². The fraction of sp³-hybridized carbons (Fsp3) is 0.296. The molecule has 0 bridgehead atoms. The summed E-state index contributed by atoms with van der Waals surface area (Å²) < 4.78 is 19.8. The molecule has 0 saturated carbocycles. The lowest BCUT2D eigenvalue weighted by atomic mass is 10.0. The third-order valence-corrected chi connectivity index (χ3v) is 5.86. The van der Waals surface area contributed by atoms with Crippen LogP contribution in [0, 0.1) is 5.82 Å². The molecule has 0 aliphatic carbocycles. The first kappa shape index (κ1) is 23.0. The first-order chi connectivity index (χ1) is 16.1. The number of piperidine rings is 1. The van der Waals surface area contributed by atoms with E-state index < -0.39 is 6.17 Å².